The summed E-state index contributed by atoms with van der Waals surface area (Å²) in [5.74, 6) is 0. The molecule has 3 rings (SSSR count). The van der Waals surface area contributed by atoms with Crippen molar-refractivity contribution in [3.63, 3.8) is 0 Å². The quantitative estimate of drug-likeness (QED) is 0.749. The Morgan fingerprint density at radius 3 is 2.67 bits per heavy atom. The molecule has 2 heterocycles. The Labute approximate surface area is 92.2 Å². The van der Waals surface area contributed by atoms with E-state index in [2.05, 4.69) is 10.2 Å². The summed E-state index contributed by atoms with van der Waals surface area (Å²) in [6.45, 7) is 4.44. The molecular formula is C12H22N2O. The number of ether oxygens (including phenoxy) is 1. The zero-order valence-electron chi connectivity index (χ0n) is 9.45. The van der Waals surface area contributed by atoms with E-state index in [0.717, 1.165) is 31.3 Å². The van der Waals surface area contributed by atoms with Gasteiger partial charge in [-0.3, -0.25) is 4.90 Å². The van der Waals surface area contributed by atoms with Crippen molar-refractivity contribution in [3.05, 3.63) is 0 Å². The van der Waals surface area contributed by atoms with Gasteiger partial charge in [0.2, 0.25) is 0 Å². The highest BCUT2D eigenvalue weighted by Gasteiger charge is 2.36. The number of hydrogen-bond donors (Lipinski definition) is 1. The van der Waals surface area contributed by atoms with Crippen molar-refractivity contribution in [1.29, 1.82) is 0 Å². The molecule has 1 saturated carbocycles. The molecule has 3 aliphatic rings. The first-order valence-corrected chi connectivity index (χ1v) is 6.50. The lowest BCUT2D eigenvalue weighted by Gasteiger charge is -2.30. The molecule has 3 fully saturated rings. The van der Waals surface area contributed by atoms with E-state index in [0.29, 0.717) is 0 Å². The Hall–Kier alpha value is -0.120. The molecule has 1 aliphatic carbocycles. The van der Waals surface area contributed by atoms with Gasteiger partial charge < -0.3 is 10.1 Å². The van der Waals surface area contributed by atoms with Crippen LogP contribution in [-0.4, -0.2) is 49.3 Å². The van der Waals surface area contributed by atoms with Crippen molar-refractivity contribution in [1.82, 2.24) is 10.2 Å². The van der Waals surface area contributed by atoms with E-state index in [9.17, 15) is 0 Å². The minimum absolute atomic E-state index is 0.722. The minimum Gasteiger partial charge on any atom is -0.380 e. The molecule has 1 N–H and O–H groups in total. The Morgan fingerprint density at radius 1 is 1.13 bits per heavy atom. The summed E-state index contributed by atoms with van der Waals surface area (Å²) >= 11 is 0. The van der Waals surface area contributed by atoms with Crippen LogP contribution in [0.15, 0.2) is 0 Å². The highest BCUT2D eigenvalue weighted by atomic mass is 16.5. The average Bonchev–Trinajstić information content (AvgIpc) is 2.78. The van der Waals surface area contributed by atoms with Gasteiger partial charge in [-0.15, -0.1) is 0 Å². The van der Waals surface area contributed by atoms with E-state index in [1.165, 1.54) is 45.2 Å². The predicted octanol–water partition coefficient (Wildman–Crippen LogP) is 0.992. The van der Waals surface area contributed by atoms with E-state index in [4.69, 9.17) is 4.74 Å². The molecular weight excluding hydrogens is 188 g/mol. The minimum atomic E-state index is 0.722. The zero-order chi connectivity index (χ0) is 10.1. The van der Waals surface area contributed by atoms with Crippen LogP contribution in [0.5, 0.6) is 0 Å². The second-order valence-electron chi connectivity index (χ2n) is 5.24. The normalized spacial score (nSPS) is 36.6. The van der Waals surface area contributed by atoms with Crippen molar-refractivity contribution in [2.45, 2.75) is 50.2 Å². The SMILES string of the molecule is C1CNC(CN(C2CC2)C2CCOC2)C1. The summed E-state index contributed by atoms with van der Waals surface area (Å²) in [5.41, 5.74) is 0. The van der Waals surface area contributed by atoms with Gasteiger partial charge in [-0.1, -0.05) is 0 Å². The predicted molar refractivity (Wildman–Crippen MR) is 60.0 cm³/mol. The smallest absolute Gasteiger partial charge is 0.0622 e. The molecule has 0 radical (unpaired) electrons. The Kier molecular flexibility index (Phi) is 2.95. The number of nitrogens with zero attached hydrogens (tertiary/aromatic N) is 1. The van der Waals surface area contributed by atoms with Gasteiger partial charge in [0.15, 0.2) is 0 Å². The highest BCUT2D eigenvalue weighted by Crippen LogP contribution is 2.31. The molecule has 3 nitrogen and oxygen atoms in total. The maximum atomic E-state index is 5.52. The first-order chi connectivity index (χ1) is 7.43. The number of rotatable bonds is 4. The van der Waals surface area contributed by atoms with Crippen LogP contribution in [0.3, 0.4) is 0 Å². The molecule has 0 aromatic rings. The van der Waals surface area contributed by atoms with Crippen molar-refractivity contribution >= 4 is 0 Å². The van der Waals surface area contributed by atoms with Gasteiger partial charge >= 0.3 is 0 Å². The summed E-state index contributed by atoms with van der Waals surface area (Å²) in [7, 11) is 0. The molecule has 0 spiro atoms. The van der Waals surface area contributed by atoms with Gasteiger partial charge in [0.05, 0.1) is 6.61 Å². The molecule has 2 aliphatic heterocycles. The Morgan fingerprint density at radius 2 is 2.07 bits per heavy atom. The van der Waals surface area contributed by atoms with Crippen LogP contribution < -0.4 is 5.32 Å². The molecule has 0 bridgehead atoms. The van der Waals surface area contributed by atoms with E-state index in [-0.39, 0.29) is 0 Å². The second kappa shape index (κ2) is 4.40. The largest absolute Gasteiger partial charge is 0.380 e. The van der Waals surface area contributed by atoms with Crippen LogP contribution in [0.25, 0.3) is 0 Å². The Balaban J connectivity index is 1.57. The van der Waals surface area contributed by atoms with Gasteiger partial charge in [-0.05, 0) is 38.6 Å². The fourth-order valence-corrected chi connectivity index (χ4v) is 2.95. The fourth-order valence-electron chi connectivity index (χ4n) is 2.95. The van der Waals surface area contributed by atoms with Crippen LogP contribution in [-0.2, 0) is 4.74 Å². The van der Waals surface area contributed by atoms with Crippen molar-refractivity contribution < 1.29 is 4.74 Å². The van der Waals surface area contributed by atoms with Crippen molar-refractivity contribution in [2.24, 2.45) is 0 Å². The van der Waals surface area contributed by atoms with Crippen LogP contribution in [0.2, 0.25) is 0 Å². The molecule has 2 saturated heterocycles. The molecule has 15 heavy (non-hydrogen) atoms. The van der Waals surface area contributed by atoms with Gasteiger partial charge in [0.25, 0.3) is 0 Å². The van der Waals surface area contributed by atoms with Crippen LogP contribution in [0.1, 0.15) is 32.1 Å². The third kappa shape index (κ3) is 2.35. The van der Waals surface area contributed by atoms with E-state index < -0.39 is 0 Å². The summed E-state index contributed by atoms with van der Waals surface area (Å²) in [4.78, 5) is 2.73. The standard InChI is InChI=1S/C12H22N2O/c1-2-10(13-6-1)8-14(11-3-4-11)12-5-7-15-9-12/h10-13H,1-9H2. The van der Waals surface area contributed by atoms with E-state index in [1.54, 1.807) is 0 Å². The van der Waals surface area contributed by atoms with Crippen molar-refractivity contribution in [2.75, 3.05) is 26.3 Å². The lowest BCUT2D eigenvalue weighted by Crippen LogP contribution is -2.45. The third-order valence-corrected chi connectivity index (χ3v) is 3.98. The number of hydrogen-bond acceptors (Lipinski definition) is 3. The third-order valence-electron chi connectivity index (χ3n) is 3.98. The summed E-state index contributed by atoms with van der Waals surface area (Å²) in [6.07, 6.45) is 6.83. The molecule has 3 heteroatoms. The van der Waals surface area contributed by atoms with Crippen LogP contribution in [0.4, 0.5) is 0 Å². The monoisotopic (exact) mass is 210 g/mol. The molecule has 0 aromatic carbocycles. The molecule has 86 valence electrons. The van der Waals surface area contributed by atoms with E-state index in [1.807, 2.05) is 0 Å². The topological polar surface area (TPSA) is 24.5 Å². The lowest BCUT2D eigenvalue weighted by molar-refractivity contribution is 0.131. The number of nitrogens with one attached hydrogen (secondary N) is 1. The van der Waals surface area contributed by atoms with Crippen LogP contribution >= 0.6 is 0 Å². The highest BCUT2D eigenvalue weighted by molar-refractivity contribution is 4.93. The molecule has 2 unspecified atom stereocenters. The first kappa shape index (κ1) is 10.1. The summed E-state index contributed by atoms with van der Waals surface area (Å²) in [6, 6.07) is 2.37. The lowest BCUT2D eigenvalue weighted by atomic mass is 10.1. The molecule has 2 atom stereocenters. The van der Waals surface area contributed by atoms with Crippen molar-refractivity contribution in [3.8, 4) is 0 Å². The first-order valence-electron chi connectivity index (χ1n) is 6.50. The van der Waals surface area contributed by atoms with E-state index >= 15 is 0 Å². The van der Waals surface area contributed by atoms with Gasteiger partial charge in [-0.25, -0.2) is 0 Å². The van der Waals surface area contributed by atoms with Gasteiger partial charge in [-0.2, -0.15) is 0 Å². The summed E-state index contributed by atoms with van der Waals surface area (Å²) in [5, 5.41) is 3.61. The van der Waals surface area contributed by atoms with Gasteiger partial charge in [0, 0.05) is 31.3 Å². The van der Waals surface area contributed by atoms with Crippen LogP contribution in [0, 0.1) is 0 Å². The maximum absolute atomic E-state index is 5.52. The zero-order valence-corrected chi connectivity index (χ0v) is 9.45. The molecule has 0 amide bonds. The maximum Gasteiger partial charge on any atom is 0.0622 e. The average molecular weight is 210 g/mol. The molecule has 0 aromatic heterocycles. The summed E-state index contributed by atoms with van der Waals surface area (Å²) < 4.78 is 5.52. The fraction of sp³-hybridized carbons (Fsp3) is 1.00. The Bertz CT molecular complexity index is 206. The van der Waals surface area contributed by atoms with Gasteiger partial charge in [0.1, 0.15) is 0 Å². The second-order valence-corrected chi connectivity index (χ2v) is 5.24.